The zero-order chi connectivity index (χ0) is 14.9. The van der Waals surface area contributed by atoms with Gasteiger partial charge in [0.05, 0.1) is 11.4 Å². The molecule has 0 aliphatic carbocycles. The number of hydrogen-bond donors (Lipinski definition) is 1. The number of benzene rings is 1. The molecule has 2 rings (SSSR count). The van der Waals surface area contributed by atoms with E-state index in [1.165, 1.54) is 11.1 Å². The first-order valence-electron chi connectivity index (χ1n) is 6.97. The third-order valence-corrected chi connectivity index (χ3v) is 3.48. The van der Waals surface area contributed by atoms with E-state index in [9.17, 15) is 0 Å². The lowest BCUT2D eigenvalue weighted by molar-refractivity contribution is 0.590. The van der Waals surface area contributed by atoms with Crippen LogP contribution < -0.4 is 5.73 Å². The Hall–Kier alpha value is -1.74. The molecule has 1 heterocycles. The lowest BCUT2D eigenvalue weighted by Gasteiger charge is -2.21. The van der Waals surface area contributed by atoms with Crippen LogP contribution in [0.3, 0.4) is 0 Å². The predicted octanol–water partition coefficient (Wildman–Crippen LogP) is 3.52. The molecular formula is C17H23N3. The molecule has 0 unspecified atom stereocenters. The van der Waals surface area contributed by atoms with E-state index in [4.69, 9.17) is 5.73 Å². The number of hydrogen-bond acceptors (Lipinski definition) is 3. The second-order valence-electron chi connectivity index (χ2n) is 6.28. The number of rotatable bonds is 2. The minimum absolute atomic E-state index is 0.126. The average molecular weight is 269 g/mol. The molecule has 1 aromatic heterocycles. The topological polar surface area (TPSA) is 51.8 Å². The van der Waals surface area contributed by atoms with Gasteiger partial charge >= 0.3 is 0 Å². The van der Waals surface area contributed by atoms with Gasteiger partial charge in [-0.3, -0.25) is 0 Å². The van der Waals surface area contributed by atoms with Gasteiger partial charge in [0.15, 0.2) is 0 Å². The zero-order valence-electron chi connectivity index (χ0n) is 13.0. The summed E-state index contributed by atoms with van der Waals surface area (Å²) in [4.78, 5) is 8.91. The minimum atomic E-state index is 0.126. The highest BCUT2D eigenvalue weighted by molar-refractivity contribution is 5.65. The summed E-state index contributed by atoms with van der Waals surface area (Å²) in [5.41, 5.74) is 11.4. The number of aryl methyl sites for hydroxylation is 2. The van der Waals surface area contributed by atoms with Crippen molar-refractivity contribution in [2.45, 2.75) is 46.6 Å². The third-order valence-electron chi connectivity index (χ3n) is 3.48. The molecule has 0 atom stereocenters. The molecule has 0 aliphatic heterocycles. The standard InChI is InChI=1S/C17H23N3/c1-11-6-7-13(17(3,4)5)8-15(11)16-9-14(10-18)19-12(2)20-16/h6-9H,10,18H2,1-5H3. The van der Waals surface area contributed by atoms with Crippen molar-refractivity contribution >= 4 is 0 Å². The Morgan fingerprint density at radius 3 is 2.35 bits per heavy atom. The van der Waals surface area contributed by atoms with Crippen molar-refractivity contribution in [1.82, 2.24) is 9.97 Å². The van der Waals surface area contributed by atoms with Gasteiger partial charge in [-0.2, -0.15) is 0 Å². The van der Waals surface area contributed by atoms with Gasteiger partial charge in [0.1, 0.15) is 5.82 Å². The fraction of sp³-hybridized carbons (Fsp3) is 0.412. The smallest absolute Gasteiger partial charge is 0.126 e. The highest BCUT2D eigenvalue weighted by Crippen LogP contribution is 2.29. The first kappa shape index (κ1) is 14.7. The first-order chi connectivity index (χ1) is 9.31. The Labute approximate surface area is 121 Å². The van der Waals surface area contributed by atoms with Crippen molar-refractivity contribution in [3.05, 3.63) is 46.9 Å². The van der Waals surface area contributed by atoms with E-state index in [1.807, 2.05) is 13.0 Å². The van der Waals surface area contributed by atoms with Crippen LogP contribution in [0.5, 0.6) is 0 Å². The summed E-state index contributed by atoms with van der Waals surface area (Å²) in [6.45, 7) is 11.1. The molecule has 2 aromatic rings. The van der Waals surface area contributed by atoms with Crippen molar-refractivity contribution in [1.29, 1.82) is 0 Å². The molecule has 106 valence electrons. The van der Waals surface area contributed by atoms with Gasteiger partial charge in [0.25, 0.3) is 0 Å². The van der Waals surface area contributed by atoms with Gasteiger partial charge in [-0.25, -0.2) is 9.97 Å². The van der Waals surface area contributed by atoms with Crippen LogP contribution in [0.2, 0.25) is 0 Å². The molecule has 20 heavy (non-hydrogen) atoms. The van der Waals surface area contributed by atoms with Gasteiger partial charge in [-0.05, 0) is 42.5 Å². The molecule has 0 bridgehead atoms. The van der Waals surface area contributed by atoms with Gasteiger partial charge in [0, 0.05) is 12.1 Å². The summed E-state index contributed by atoms with van der Waals surface area (Å²) in [6.07, 6.45) is 0. The van der Waals surface area contributed by atoms with Crippen molar-refractivity contribution in [2.75, 3.05) is 0 Å². The highest BCUT2D eigenvalue weighted by atomic mass is 14.9. The van der Waals surface area contributed by atoms with Crippen molar-refractivity contribution < 1.29 is 0 Å². The summed E-state index contributed by atoms with van der Waals surface area (Å²) in [5, 5.41) is 0. The van der Waals surface area contributed by atoms with Gasteiger partial charge in [-0.1, -0.05) is 32.9 Å². The first-order valence-corrected chi connectivity index (χ1v) is 6.97. The second-order valence-corrected chi connectivity index (χ2v) is 6.28. The van der Waals surface area contributed by atoms with E-state index in [2.05, 4.69) is 55.9 Å². The Morgan fingerprint density at radius 2 is 1.75 bits per heavy atom. The van der Waals surface area contributed by atoms with Crippen LogP contribution >= 0.6 is 0 Å². The SMILES string of the molecule is Cc1nc(CN)cc(-c2cc(C(C)(C)C)ccc2C)n1. The molecule has 3 heteroatoms. The van der Waals surface area contributed by atoms with Gasteiger partial charge < -0.3 is 5.73 Å². The van der Waals surface area contributed by atoms with Crippen LogP contribution in [-0.2, 0) is 12.0 Å². The number of nitrogens with zero attached hydrogens (tertiary/aromatic N) is 2. The average Bonchev–Trinajstić information content (AvgIpc) is 2.37. The maximum Gasteiger partial charge on any atom is 0.126 e. The Balaban J connectivity index is 2.60. The summed E-state index contributed by atoms with van der Waals surface area (Å²) in [7, 11) is 0. The summed E-state index contributed by atoms with van der Waals surface area (Å²) in [6, 6.07) is 8.57. The molecule has 0 amide bonds. The van der Waals surface area contributed by atoms with Crippen molar-refractivity contribution in [3.63, 3.8) is 0 Å². The normalized spacial score (nSPS) is 11.7. The van der Waals surface area contributed by atoms with Crippen molar-refractivity contribution in [3.8, 4) is 11.3 Å². The fourth-order valence-corrected chi connectivity index (χ4v) is 2.24. The Kier molecular flexibility index (Phi) is 3.91. The van der Waals surface area contributed by atoms with Crippen LogP contribution in [0.4, 0.5) is 0 Å². The summed E-state index contributed by atoms with van der Waals surface area (Å²) >= 11 is 0. The highest BCUT2D eigenvalue weighted by Gasteiger charge is 2.16. The summed E-state index contributed by atoms with van der Waals surface area (Å²) in [5.74, 6) is 0.767. The number of aromatic nitrogens is 2. The monoisotopic (exact) mass is 269 g/mol. The lowest BCUT2D eigenvalue weighted by atomic mass is 9.85. The van der Waals surface area contributed by atoms with Crippen LogP contribution in [0.25, 0.3) is 11.3 Å². The van der Waals surface area contributed by atoms with Gasteiger partial charge in [-0.15, -0.1) is 0 Å². The minimum Gasteiger partial charge on any atom is -0.325 e. The van der Waals surface area contributed by atoms with E-state index < -0.39 is 0 Å². The Bertz CT molecular complexity index is 625. The molecular weight excluding hydrogens is 246 g/mol. The van der Waals surface area contributed by atoms with E-state index in [0.717, 1.165) is 22.8 Å². The van der Waals surface area contributed by atoms with E-state index in [1.54, 1.807) is 0 Å². The molecule has 0 saturated carbocycles. The number of nitrogens with two attached hydrogens (primary N) is 1. The lowest BCUT2D eigenvalue weighted by Crippen LogP contribution is -2.11. The largest absolute Gasteiger partial charge is 0.325 e. The van der Waals surface area contributed by atoms with Crippen LogP contribution in [0, 0.1) is 13.8 Å². The molecule has 0 fully saturated rings. The molecule has 0 saturated heterocycles. The van der Waals surface area contributed by atoms with Crippen LogP contribution in [0.1, 0.15) is 43.4 Å². The molecule has 0 radical (unpaired) electrons. The predicted molar refractivity (Wildman–Crippen MR) is 83.5 cm³/mol. The zero-order valence-corrected chi connectivity index (χ0v) is 13.0. The second kappa shape index (κ2) is 5.33. The van der Waals surface area contributed by atoms with Crippen molar-refractivity contribution in [2.24, 2.45) is 5.73 Å². The quantitative estimate of drug-likeness (QED) is 0.907. The van der Waals surface area contributed by atoms with Crippen LogP contribution in [-0.4, -0.2) is 9.97 Å². The van der Waals surface area contributed by atoms with E-state index >= 15 is 0 Å². The third kappa shape index (κ3) is 3.05. The maximum absolute atomic E-state index is 5.71. The molecule has 0 aliphatic rings. The maximum atomic E-state index is 5.71. The van der Waals surface area contributed by atoms with Crippen LogP contribution in [0.15, 0.2) is 24.3 Å². The summed E-state index contributed by atoms with van der Waals surface area (Å²) < 4.78 is 0. The Morgan fingerprint density at radius 1 is 1.05 bits per heavy atom. The fourth-order valence-electron chi connectivity index (χ4n) is 2.24. The van der Waals surface area contributed by atoms with E-state index in [0.29, 0.717) is 6.54 Å². The van der Waals surface area contributed by atoms with E-state index in [-0.39, 0.29) is 5.41 Å². The molecule has 2 N–H and O–H groups in total. The molecule has 3 nitrogen and oxygen atoms in total. The van der Waals surface area contributed by atoms with Gasteiger partial charge in [0.2, 0.25) is 0 Å². The molecule has 1 aromatic carbocycles. The molecule has 0 spiro atoms.